The van der Waals surface area contributed by atoms with Crippen molar-refractivity contribution in [2.45, 2.75) is 39.0 Å². The number of hydrogen-bond acceptors (Lipinski definition) is 3. The molecule has 0 rings (SSSR count). The molecule has 72 valence electrons. The van der Waals surface area contributed by atoms with Crippen molar-refractivity contribution in [3.63, 3.8) is 0 Å². The van der Waals surface area contributed by atoms with Gasteiger partial charge in [0.1, 0.15) is 0 Å². The van der Waals surface area contributed by atoms with Crippen LogP contribution >= 0.6 is 0 Å². The van der Waals surface area contributed by atoms with E-state index in [1.165, 1.54) is 0 Å². The molecular formula is C9H19NO2. The number of ether oxygens (including phenoxy) is 1. The molecule has 0 unspecified atom stereocenters. The van der Waals surface area contributed by atoms with Gasteiger partial charge >= 0.3 is 5.97 Å². The highest BCUT2D eigenvalue weighted by Gasteiger charge is 2.00. The lowest BCUT2D eigenvalue weighted by Gasteiger charge is -2.01. The normalized spacial score (nSPS) is 9.83. The summed E-state index contributed by atoms with van der Waals surface area (Å²) in [6, 6.07) is 0. The second kappa shape index (κ2) is 8.53. The topological polar surface area (TPSA) is 52.3 Å². The highest BCUT2D eigenvalue weighted by Crippen LogP contribution is 2.00. The predicted molar refractivity (Wildman–Crippen MR) is 48.8 cm³/mol. The molecule has 3 heteroatoms. The van der Waals surface area contributed by atoms with Crippen molar-refractivity contribution in [2.24, 2.45) is 5.73 Å². The molecule has 12 heavy (non-hydrogen) atoms. The van der Waals surface area contributed by atoms with Crippen LogP contribution in [0.3, 0.4) is 0 Å². The van der Waals surface area contributed by atoms with Crippen LogP contribution in [0.25, 0.3) is 0 Å². The molecule has 0 radical (unpaired) electrons. The number of rotatable bonds is 7. The quantitative estimate of drug-likeness (QED) is 0.468. The molecule has 0 aliphatic heterocycles. The van der Waals surface area contributed by atoms with Gasteiger partial charge in [-0.2, -0.15) is 0 Å². The predicted octanol–water partition coefficient (Wildman–Crippen LogP) is 1.46. The lowest BCUT2D eigenvalue weighted by Crippen LogP contribution is -2.05. The first-order valence-electron chi connectivity index (χ1n) is 4.67. The van der Waals surface area contributed by atoms with Gasteiger partial charge in [0, 0.05) is 6.42 Å². The van der Waals surface area contributed by atoms with E-state index in [9.17, 15) is 4.79 Å². The highest BCUT2D eigenvalue weighted by atomic mass is 16.5. The van der Waals surface area contributed by atoms with Crippen molar-refractivity contribution in [1.82, 2.24) is 0 Å². The van der Waals surface area contributed by atoms with E-state index in [-0.39, 0.29) is 5.97 Å². The summed E-state index contributed by atoms with van der Waals surface area (Å²) in [7, 11) is 0. The first kappa shape index (κ1) is 11.4. The van der Waals surface area contributed by atoms with Crippen molar-refractivity contribution in [3.8, 4) is 0 Å². The zero-order chi connectivity index (χ0) is 9.23. The van der Waals surface area contributed by atoms with Crippen molar-refractivity contribution in [3.05, 3.63) is 0 Å². The van der Waals surface area contributed by atoms with E-state index in [1.807, 2.05) is 6.92 Å². The van der Waals surface area contributed by atoms with Crippen LogP contribution < -0.4 is 5.73 Å². The third-order valence-electron chi connectivity index (χ3n) is 1.55. The first-order valence-corrected chi connectivity index (χ1v) is 4.67. The average molecular weight is 173 g/mol. The van der Waals surface area contributed by atoms with E-state index >= 15 is 0 Å². The zero-order valence-electron chi connectivity index (χ0n) is 7.84. The summed E-state index contributed by atoms with van der Waals surface area (Å²) in [5.41, 5.74) is 5.31. The van der Waals surface area contributed by atoms with Crippen molar-refractivity contribution >= 4 is 5.97 Å². The molecule has 0 amide bonds. The Morgan fingerprint density at radius 3 is 2.67 bits per heavy atom. The molecule has 0 saturated carbocycles. The van der Waals surface area contributed by atoms with Crippen LogP contribution in [0.4, 0.5) is 0 Å². The summed E-state index contributed by atoms with van der Waals surface area (Å²) >= 11 is 0. The first-order chi connectivity index (χ1) is 5.81. The Bertz CT molecular complexity index is 115. The van der Waals surface area contributed by atoms with Crippen LogP contribution in [0.1, 0.15) is 39.0 Å². The monoisotopic (exact) mass is 173 g/mol. The Morgan fingerprint density at radius 1 is 1.33 bits per heavy atom. The number of hydrogen-bond donors (Lipinski definition) is 1. The Morgan fingerprint density at radius 2 is 2.08 bits per heavy atom. The average Bonchev–Trinajstić information content (AvgIpc) is 2.09. The Hall–Kier alpha value is -0.570. The van der Waals surface area contributed by atoms with E-state index in [4.69, 9.17) is 10.5 Å². The van der Waals surface area contributed by atoms with Crippen LogP contribution in [-0.2, 0) is 9.53 Å². The summed E-state index contributed by atoms with van der Waals surface area (Å²) in [5, 5.41) is 0. The molecule has 0 atom stereocenters. The fourth-order valence-electron chi connectivity index (χ4n) is 0.879. The Balaban J connectivity index is 3.08. The SMILES string of the molecule is CCCOC(=O)CCCCCN. The second-order valence-corrected chi connectivity index (χ2v) is 2.82. The number of carbonyl (C=O) groups excluding carboxylic acids is 1. The second-order valence-electron chi connectivity index (χ2n) is 2.82. The smallest absolute Gasteiger partial charge is 0.305 e. The summed E-state index contributed by atoms with van der Waals surface area (Å²) < 4.78 is 4.90. The maximum Gasteiger partial charge on any atom is 0.305 e. The van der Waals surface area contributed by atoms with Gasteiger partial charge in [0.05, 0.1) is 6.61 Å². The Labute approximate surface area is 74.3 Å². The van der Waals surface area contributed by atoms with Gasteiger partial charge in [-0.3, -0.25) is 4.79 Å². The number of unbranched alkanes of at least 4 members (excludes halogenated alkanes) is 2. The van der Waals surface area contributed by atoms with Gasteiger partial charge in [-0.1, -0.05) is 13.3 Å². The van der Waals surface area contributed by atoms with Crippen LogP contribution in [0.15, 0.2) is 0 Å². The van der Waals surface area contributed by atoms with Crippen LogP contribution in [-0.4, -0.2) is 19.1 Å². The van der Waals surface area contributed by atoms with Crippen molar-refractivity contribution < 1.29 is 9.53 Å². The summed E-state index contributed by atoms with van der Waals surface area (Å²) in [6.07, 6.45) is 4.37. The third-order valence-corrected chi connectivity index (χ3v) is 1.55. The van der Waals surface area contributed by atoms with Gasteiger partial charge < -0.3 is 10.5 Å². The number of carbonyl (C=O) groups is 1. The van der Waals surface area contributed by atoms with Crippen LogP contribution in [0.5, 0.6) is 0 Å². The molecule has 0 heterocycles. The lowest BCUT2D eigenvalue weighted by molar-refractivity contribution is -0.143. The van der Waals surface area contributed by atoms with Crippen molar-refractivity contribution in [2.75, 3.05) is 13.2 Å². The fraction of sp³-hybridized carbons (Fsp3) is 0.889. The molecule has 0 saturated heterocycles. The van der Waals surface area contributed by atoms with E-state index in [1.54, 1.807) is 0 Å². The molecule has 0 spiro atoms. The standard InChI is InChI=1S/C9H19NO2/c1-2-8-12-9(11)6-4-3-5-7-10/h2-8,10H2,1H3. The van der Waals surface area contributed by atoms with E-state index in [0.29, 0.717) is 19.6 Å². The molecule has 0 aromatic rings. The summed E-state index contributed by atoms with van der Waals surface area (Å²) in [4.78, 5) is 10.9. The van der Waals surface area contributed by atoms with Gasteiger partial charge in [-0.15, -0.1) is 0 Å². The molecule has 2 N–H and O–H groups in total. The minimum absolute atomic E-state index is 0.0751. The summed E-state index contributed by atoms with van der Waals surface area (Å²) in [5.74, 6) is -0.0751. The highest BCUT2D eigenvalue weighted by molar-refractivity contribution is 5.69. The summed E-state index contributed by atoms with van der Waals surface area (Å²) in [6.45, 7) is 3.25. The largest absolute Gasteiger partial charge is 0.466 e. The lowest BCUT2D eigenvalue weighted by atomic mass is 10.2. The van der Waals surface area contributed by atoms with Crippen LogP contribution in [0, 0.1) is 0 Å². The third kappa shape index (κ3) is 7.54. The van der Waals surface area contributed by atoms with Gasteiger partial charge in [0.15, 0.2) is 0 Å². The molecule has 0 aliphatic carbocycles. The molecule has 0 aromatic carbocycles. The maximum absolute atomic E-state index is 10.9. The van der Waals surface area contributed by atoms with Gasteiger partial charge in [0.2, 0.25) is 0 Å². The molecule has 3 nitrogen and oxygen atoms in total. The zero-order valence-corrected chi connectivity index (χ0v) is 7.84. The van der Waals surface area contributed by atoms with Gasteiger partial charge in [-0.25, -0.2) is 0 Å². The minimum atomic E-state index is -0.0751. The van der Waals surface area contributed by atoms with E-state index in [2.05, 4.69) is 0 Å². The molecule has 0 aromatic heterocycles. The molecular weight excluding hydrogens is 154 g/mol. The van der Waals surface area contributed by atoms with Crippen molar-refractivity contribution in [1.29, 1.82) is 0 Å². The fourth-order valence-corrected chi connectivity index (χ4v) is 0.879. The number of esters is 1. The molecule has 0 bridgehead atoms. The van der Waals surface area contributed by atoms with E-state index < -0.39 is 0 Å². The van der Waals surface area contributed by atoms with E-state index in [0.717, 1.165) is 25.7 Å². The number of nitrogens with two attached hydrogens (primary N) is 1. The minimum Gasteiger partial charge on any atom is -0.466 e. The van der Waals surface area contributed by atoms with Gasteiger partial charge in [0.25, 0.3) is 0 Å². The molecule has 0 fully saturated rings. The molecule has 0 aliphatic rings. The maximum atomic E-state index is 10.9. The van der Waals surface area contributed by atoms with Crippen LogP contribution in [0.2, 0.25) is 0 Å². The Kier molecular flexibility index (Phi) is 8.12. The van der Waals surface area contributed by atoms with Gasteiger partial charge in [-0.05, 0) is 25.8 Å².